The number of aromatic nitrogens is 1. The van der Waals surface area contributed by atoms with Crippen molar-refractivity contribution in [3.63, 3.8) is 0 Å². The molecule has 4 aromatic rings. The molecule has 1 saturated heterocycles. The molecule has 0 atom stereocenters. The van der Waals surface area contributed by atoms with E-state index in [0.717, 1.165) is 22.9 Å². The lowest BCUT2D eigenvalue weighted by Crippen LogP contribution is -2.28. The Labute approximate surface area is 245 Å². The first-order chi connectivity index (χ1) is 19.9. The third-order valence-corrected chi connectivity index (χ3v) is 7.00. The minimum absolute atomic E-state index is 0.176. The number of furan rings is 1. The predicted octanol–water partition coefficient (Wildman–Crippen LogP) is 6.16. The molecule has 9 nitrogen and oxygen atoms in total. The van der Waals surface area contributed by atoms with Gasteiger partial charge in [0.2, 0.25) is 0 Å². The molecule has 11 heteroatoms. The summed E-state index contributed by atoms with van der Waals surface area (Å²) in [6.07, 6.45) is 8.09. The number of anilines is 1. The Morgan fingerprint density at radius 3 is 2.78 bits per heavy atom. The second kappa shape index (κ2) is 13.1. The molecule has 5 rings (SSSR count). The quantitative estimate of drug-likeness (QED) is 0.143. The standard InChI is InChI=1S/C30H24ClN5O4S/c1-20-6-9-24(10-7-20)34-28(37)19-40-26-11-8-23(31)14-22(26)15-27-29(38)36(18-25-5-3-13-39-25)30(41-27)35-33-17-21-4-2-12-32-16-21/h2-17H,18-19H2,1H3,(H,34,37)/b27-15-,33-17-,35-30+. The number of thioether (sulfide) groups is 1. The summed E-state index contributed by atoms with van der Waals surface area (Å²) in [6.45, 7) is 1.92. The van der Waals surface area contributed by atoms with Gasteiger partial charge in [-0.15, -0.1) is 5.10 Å². The van der Waals surface area contributed by atoms with Gasteiger partial charge >= 0.3 is 0 Å². The van der Waals surface area contributed by atoms with Crippen LogP contribution in [0.4, 0.5) is 5.69 Å². The van der Waals surface area contributed by atoms with E-state index in [1.54, 1.807) is 67.3 Å². The van der Waals surface area contributed by atoms with Crippen LogP contribution in [0.25, 0.3) is 6.08 Å². The number of aryl methyl sites for hydroxylation is 1. The van der Waals surface area contributed by atoms with E-state index >= 15 is 0 Å². The number of pyridine rings is 1. The van der Waals surface area contributed by atoms with Crippen LogP contribution in [0.3, 0.4) is 0 Å². The van der Waals surface area contributed by atoms with E-state index in [0.29, 0.717) is 37.9 Å². The zero-order chi connectivity index (χ0) is 28.6. The molecule has 0 bridgehead atoms. The van der Waals surface area contributed by atoms with E-state index in [9.17, 15) is 9.59 Å². The van der Waals surface area contributed by atoms with Gasteiger partial charge in [0.15, 0.2) is 11.8 Å². The Morgan fingerprint density at radius 2 is 2.02 bits per heavy atom. The van der Waals surface area contributed by atoms with E-state index in [1.165, 1.54) is 4.90 Å². The third-order valence-electron chi connectivity index (χ3n) is 5.77. The molecule has 2 aromatic carbocycles. The Kier molecular flexibility index (Phi) is 8.92. The van der Waals surface area contributed by atoms with Gasteiger partial charge in [-0.2, -0.15) is 5.10 Å². The maximum atomic E-state index is 13.5. The maximum Gasteiger partial charge on any atom is 0.267 e. The number of nitrogens with one attached hydrogen (secondary N) is 1. The number of nitrogens with zero attached hydrogens (tertiary/aromatic N) is 4. The van der Waals surface area contributed by atoms with Crippen LogP contribution < -0.4 is 10.1 Å². The predicted molar refractivity (Wildman–Crippen MR) is 161 cm³/mol. The average molecular weight is 586 g/mol. The zero-order valence-electron chi connectivity index (χ0n) is 21.9. The van der Waals surface area contributed by atoms with E-state index in [4.69, 9.17) is 20.8 Å². The molecule has 3 heterocycles. The van der Waals surface area contributed by atoms with Gasteiger partial charge in [0, 0.05) is 34.2 Å². The molecular formula is C30H24ClN5O4S. The van der Waals surface area contributed by atoms with Crippen LogP contribution in [-0.2, 0) is 16.1 Å². The molecule has 1 aliphatic heterocycles. The molecule has 1 N–H and O–H groups in total. The van der Waals surface area contributed by atoms with Gasteiger partial charge in [-0.1, -0.05) is 35.4 Å². The van der Waals surface area contributed by atoms with Crippen molar-refractivity contribution < 1.29 is 18.7 Å². The normalized spacial score (nSPS) is 15.3. The number of hydrogen-bond donors (Lipinski definition) is 1. The Hall–Kier alpha value is -4.67. The summed E-state index contributed by atoms with van der Waals surface area (Å²) in [5, 5.41) is 12.1. The van der Waals surface area contributed by atoms with Gasteiger partial charge in [0.05, 0.1) is 23.9 Å². The van der Waals surface area contributed by atoms with Crippen molar-refractivity contribution in [3.05, 3.63) is 118 Å². The fourth-order valence-electron chi connectivity index (χ4n) is 3.76. The fourth-order valence-corrected chi connectivity index (χ4v) is 4.87. The topological polar surface area (TPSA) is 109 Å². The molecule has 206 valence electrons. The van der Waals surface area contributed by atoms with Gasteiger partial charge in [0.25, 0.3) is 11.8 Å². The number of carbonyl (C=O) groups is 2. The molecule has 2 amide bonds. The molecule has 2 aromatic heterocycles. The van der Waals surface area contributed by atoms with Gasteiger partial charge in [-0.05, 0) is 73.3 Å². The molecule has 0 radical (unpaired) electrons. The first-order valence-electron chi connectivity index (χ1n) is 12.5. The van der Waals surface area contributed by atoms with Crippen molar-refractivity contribution in [2.75, 3.05) is 11.9 Å². The first-order valence-corrected chi connectivity index (χ1v) is 13.7. The van der Waals surface area contributed by atoms with Crippen molar-refractivity contribution in [1.29, 1.82) is 0 Å². The Balaban J connectivity index is 1.36. The van der Waals surface area contributed by atoms with E-state index in [-0.39, 0.29) is 25.0 Å². The second-order valence-electron chi connectivity index (χ2n) is 8.88. The monoisotopic (exact) mass is 585 g/mol. The van der Waals surface area contributed by atoms with Crippen LogP contribution in [0.2, 0.25) is 5.02 Å². The summed E-state index contributed by atoms with van der Waals surface area (Å²) in [4.78, 5) is 31.9. The molecule has 0 aliphatic carbocycles. The van der Waals surface area contributed by atoms with Crippen LogP contribution in [-0.4, -0.2) is 39.7 Å². The number of hydrogen-bond acceptors (Lipinski definition) is 8. The molecule has 0 spiro atoms. The second-order valence-corrected chi connectivity index (χ2v) is 10.3. The number of amidine groups is 1. The molecule has 41 heavy (non-hydrogen) atoms. The Morgan fingerprint density at radius 1 is 1.17 bits per heavy atom. The van der Waals surface area contributed by atoms with Gasteiger partial charge in [0.1, 0.15) is 11.5 Å². The average Bonchev–Trinajstić information content (AvgIpc) is 3.59. The molecule has 1 aliphatic rings. The summed E-state index contributed by atoms with van der Waals surface area (Å²) in [5.41, 5.74) is 3.07. The molecule has 0 unspecified atom stereocenters. The fraction of sp³-hybridized carbons (Fsp3) is 0.100. The highest BCUT2D eigenvalue weighted by molar-refractivity contribution is 8.18. The number of rotatable bonds is 9. The first kappa shape index (κ1) is 27.9. The van der Waals surface area contributed by atoms with Crippen LogP contribution in [0.5, 0.6) is 5.75 Å². The SMILES string of the molecule is Cc1ccc(NC(=O)COc2ccc(Cl)cc2/C=C2\S/C(=N/N=C\c3cccnc3)N(Cc3ccco3)C2=O)cc1. The summed E-state index contributed by atoms with van der Waals surface area (Å²) < 4.78 is 11.3. The molecular weight excluding hydrogens is 562 g/mol. The minimum Gasteiger partial charge on any atom is -0.483 e. The highest BCUT2D eigenvalue weighted by Gasteiger charge is 2.34. The van der Waals surface area contributed by atoms with Crippen molar-refractivity contribution in [2.45, 2.75) is 13.5 Å². The smallest absolute Gasteiger partial charge is 0.267 e. The lowest BCUT2D eigenvalue weighted by atomic mass is 10.2. The number of amides is 2. The largest absolute Gasteiger partial charge is 0.483 e. The molecule has 1 fully saturated rings. The van der Waals surface area contributed by atoms with Gasteiger partial charge in [-0.3, -0.25) is 19.5 Å². The van der Waals surface area contributed by atoms with Gasteiger partial charge in [-0.25, -0.2) is 0 Å². The van der Waals surface area contributed by atoms with Crippen LogP contribution >= 0.6 is 23.4 Å². The summed E-state index contributed by atoms with van der Waals surface area (Å²) >= 11 is 7.43. The van der Waals surface area contributed by atoms with Crippen molar-refractivity contribution in [3.8, 4) is 5.75 Å². The van der Waals surface area contributed by atoms with Crippen molar-refractivity contribution in [1.82, 2.24) is 9.88 Å². The van der Waals surface area contributed by atoms with Crippen LogP contribution in [0.15, 0.2) is 105 Å². The van der Waals surface area contributed by atoms with Crippen molar-refractivity contribution in [2.24, 2.45) is 10.2 Å². The van der Waals surface area contributed by atoms with E-state index in [2.05, 4.69) is 20.5 Å². The van der Waals surface area contributed by atoms with Gasteiger partial charge < -0.3 is 14.5 Å². The lowest BCUT2D eigenvalue weighted by molar-refractivity contribution is -0.122. The maximum absolute atomic E-state index is 13.5. The summed E-state index contributed by atoms with van der Waals surface area (Å²) in [6, 6.07) is 19.6. The number of halogens is 1. The third kappa shape index (κ3) is 7.50. The summed E-state index contributed by atoms with van der Waals surface area (Å²) in [7, 11) is 0. The highest BCUT2D eigenvalue weighted by atomic mass is 35.5. The van der Waals surface area contributed by atoms with Crippen LogP contribution in [0, 0.1) is 6.92 Å². The number of carbonyl (C=O) groups excluding carboxylic acids is 2. The van der Waals surface area contributed by atoms with Crippen LogP contribution in [0.1, 0.15) is 22.5 Å². The number of ether oxygens (including phenoxy) is 1. The Bertz CT molecular complexity index is 1620. The minimum atomic E-state index is -0.320. The van der Waals surface area contributed by atoms with Crippen molar-refractivity contribution >= 4 is 58.3 Å². The van der Waals surface area contributed by atoms with E-state index < -0.39 is 0 Å². The number of benzene rings is 2. The lowest BCUT2D eigenvalue weighted by Gasteiger charge is -2.13. The summed E-state index contributed by atoms with van der Waals surface area (Å²) in [5.74, 6) is 0.381. The highest BCUT2D eigenvalue weighted by Crippen LogP contribution is 2.36. The zero-order valence-corrected chi connectivity index (χ0v) is 23.4. The molecule has 0 saturated carbocycles. The van der Waals surface area contributed by atoms with E-state index in [1.807, 2.05) is 37.3 Å².